The maximum Gasteiger partial charge on any atom is 0.290 e. The van der Waals surface area contributed by atoms with E-state index in [4.69, 9.17) is 0 Å². The van der Waals surface area contributed by atoms with Crippen molar-refractivity contribution in [3.05, 3.63) is 22.2 Å². The van der Waals surface area contributed by atoms with Crippen LogP contribution < -0.4 is 5.56 Å². The van der Waals surface area contributed by atoms with Gasteiger partial charge in [0.2, 0.25) is 0 Å². The first-order chi connectivity index (χ1) is 6.20. The van der Waals surface area contributed by atoms with Crippen LogP contribution in [-0.2, 0) is 0 Å². The molecule has 0 bridgehead atoms. The van der Waals surface area contributed by atoms with Crippen LogP contribution in [0.1, 0.15) is 25.5 Å². The number of nitrogens with zero attached hydrogens (tertiary/aromatic N) is 2. The molecular weight excluding hydrogens is 168 g/mol. The summed E-state index contributed by atoms with van der Waals surface area (Å²) in [4.78, 5) is 11.2. The molecule has 0 saturated heterocycles. The van der Waals surface area contributed by atoms with Crippen molar-refractivity contribution in [1.82, 2.24) is 20.4 Å². The Bertz CT molecular complexity index is 482. The highest BCUT2D eigenvalue weighted by Gasteiger charge is 2.10. The molecule has 0 atom stereocenters. The zero-order valence-corrected chi connectivity index (χ0v) is 7.46. The first-order valence-corrected chi connectivity index (χ1v) is 4.12. The number of hydrogen-bond acceptors (Lipinski definition) is 3. The van der Waals surface area contributed by atoms with Crippen LogP contribution in [0.2, 0.25) is 0 Å². The van der Waals surface area contributed by atoms with Crippen molar-refractivity contribution >= 4 is 10.9 Å². The van der Waals surface area contributed by atoms with Crippen LogP contribution in [0.5, 0.6) is 0 Å². The summed E-state index contributed by atoms with van der Waals surface area (Å²) < 4.78 is 0. The molecule has 0 aliphatic heterocycles. The van der Waals surface area contributed by atoms with Crippen LogP contribution in [0.4, 0.5) is 0 Å². The van der Waals surface area contributed by atoms with E-state index in [1.165, 1.54) is 0 Å². The lowest BCUT2D eigenvalue weighted by Crippen LogP contribution is -2.11. The minimum atomic E-state index is -0.225. The predicted octanol–water partition coefficient (Wildman–Crippen LogP) is 0.770. The van der Waals surface area contributed by atoms with Crippen molar-refractivity contribution in [2.24, 2.45) is 0 Å². The van der Waals surface area contributed by atoms with E-state index in [1.807, 2.05) is 13.8 Å². The zero-order chi connectivity index (χ0) is 9.42. The first-order valence-electron chi connectivity index (χ1n) is 4.12. The molecule has 0 radical (unpaired) electrons. The molecule has 68 valence electrons. The van der Waals surface area contributed by atoms with E-state index < -0.39 is 0 Å². The molecule has 0 aromatic carbocycles. The fourth-order valence-electron chi connectivity index (χ4n) is 1.32. The molecule has 2 rings (SSSR count). The topological polar surface area (TPSA) is 74.4 Å². The van der Waals surface area contributed by atoms with Gasteiger partial charge in [-0.05, 0) is 5.92 Å². The van der Waals surface area contributed by atoms with Gasteiger partial charge in [0.05, 0.1) is 11.9 Å². The third-order valence-electron chi connectivity index (χ3n) is 1.97. The van der Waals surface area contributed by atoms with Crippen LogP contribution in [0.15, 0.2) is 11.0 Å². The number of H-pyrrole nitrogens is 2. The van der Waals surface area contributed by atoms with E-state index in [0.717, 1.165) is 11.1 Å². The Morgan fingerprint density at radius 3 is 2.85 bits per heavy atom. The molecular formula is C8H10N4O. The third kappa shape index (κ3) is 1.12. The second kappa shape index (κ2) is 2.69. The number of aromatic nitrogens is 4. The Labute approximate surface area is 74.2 Å². The average molecular weight is 178 g/mol. The van der Waals surface area contributed by atoms with Gasteiger partial charge in [0.15, 0.2) is 0 Å². The van der Waals surface area contributed by atoms with Gasteiger partial charge >= 0.3 is 0 Å². The lowest BCUT2D eigenvalue weighted by atomic mass is 10.1. The first kappa shape index (κ1) is 7.97. The van der Waals surface area contributed by atoms with Gasteiger partial charge in [-0.1, -0.05) is 13.8 Å². The highest BCUT2D eigenvalue weighted by atomic mass is 16.1. The Kier molecular flexibility index (Phi) is 1.65. The number of hydrogen-bond donors (Lipinski definition) is 2. The summed E-state index contributed by atoms with van der Waals surface area (Å²) in [6.07, 6.45) is 1.63. The van der Waals surface area contributed by atoms with Crippen molar-refractivity contribution in [2.45, 2.75) is 19.8 Å². The van der Waals surface area contributed by atoms with E-state index in [0.29, 0.717) is 5.52 Å². The Hall–Kier alpha value is -1.65. The number of aromatic amines is 2. The molecule has 2 aromatic rings. The van der Waals surface area contributed by atoms with E-state index >= 15 is 0 Å². The Morgan fingerprint density at radius 1 is 1.38 bits per heavy atom. The summed E-state index contributed by atoms with van der Waals surface area (Å²) in [5.41, 5.74) is 1.14. The van der Waals surface area contributed by atoms with E-state index in [-0.39, 0.29) is 11.5 Å². The van der Waals surface area contributed by atoms with Gasteiger partial charge in [-0.2, -0.15) is 10.2 Å². The molecule has 0 amide bonds. The molecule has 0 spiro atoms. The summed E-state index contributed by atoms with van der Waals surface area (Å²) in [7, 11) is 0. The van der Waals surface area contributed by atoms with Gasteiger partial charge in [0, 0.05) is 5.39 Å². The second-order valence-corrected chi connectivity index (χ2v) is 3.25. The van der Waals surface area contributed by atoms with Crippen molar-refractivity contribution in [3.63, 3.8) is 0 Å². The highest BCUT2D eigenvalue weighted by Crippen LogP contribution is 2.17. The summed E-state index contributed by atoms with van der Waals surface area (Å²) in [6, 6.07) is 0. The van der Waals surface area contributed by atoms with Crippen LogP contribution in [0.25, 0.3) is 10.9 Å². The summed E-state index contributed by atoms with van der Waals surface area (Å²) in [6.45, 7) is 4.04. The fourth-order valence-corrected chi connectivity index (χ4v) is 1.32. The van der Waals surface area contributed by atoms with Crippen LogP contribution in [0.3, 0.4) is 0 Å². The van der Waals surface area contributed by atoms with Gasteiger partial charge in [-0.3, -0.25) is 9.89 Å². The van der Waals surface area contributed by atoms with Gasteiger partial charge < -0.3 is 0 Å². The smallest absolute Gasteiger partial charge is 0.272 e. The largest absolute Gasteiger partial charge is 0.290 e. The van der Waals surface area contributed by atoms with Crippen molar-refractivity contribution in [2.75, 3.05) is 0 Å². The van der Waals surface area contributed by atoms with Crippen molar-refractivity contribution in [1.29, 1.82) is 0 Å². The summed E-state index contributed by atoms with van der Waals surface area (Å²) in [5.74, 6) is 0.275. The van der Waals surface area contributed by atoms with E-state index in [1.54, 1.807) is 6.20 Å². The fraction of sp³-hybridized carbons (Fsp3) is 0.375. The van der Waals surface area contributed by atoms with Crippen LogP contribution in [-0.4, -0.2) is 20.4 Å². The molecule has 0 aliphatic rings. The average Bonchev–Trinajstić information content (AvgIpc) is 2.53. The van der Waals surface area contributed by atoms with Crippen LogP contribution >= 0.6 is 0 Å². The molecule has 2 heterocycles. The molecule has 13 heavy (non-hydrogen) atoms. The molecule has 5 heteroatoms. The quantitative estimate of drug-likeness (QED) is 0.677. The predicted molar refractivity (Wildman–Crippen MR) is 48.6 cm³/mol. The summed E-state index contributed by atoms with van der Waals surface area (Å²) in [5, 5.41) is 13.7. The van der Waals surface area contributed by atoms with Gasteiger partial charge in [-0.25, -0.2) is 5.10 Å². The number of rotatable bonds is 1. The minimum absolute atomic E-state index is 0.225. The maximum atomic E-state index is 11.2. The minimum Gasteiger partial charge on any atom is -0.272 e. The molecule has 0 unspecified atom stereocenters. The molecule has 2 N–H and O–H groups in total. The van der Waals surface area contributed by atoms with Gasteiger partial charge in [-0.15, -0.1) is 0 Å². The second-order valence-electron chi connectivity index (χ2n) is 3.25. The zero-order valence-electron chi connectivity index (χ0n) is 7.46. The SMILES string of the molecule is CC(C)c1n[nH]c(=O)c2[nH]ncc12. The number of fused-ring (bicyclic) bond motifs is 1. The lowest BCUT2D eigenvalue weighted by Gasteiger charge is -2.02. The van der Waals surface area contributed by atoms with Crippen molar-refractivity contribution < 1.29 is 0 Å². The van der Waals surface area contributed by atoms with Gasteiger partial charge in [0.25, 0.3) is 5.56 Å². The molecule has 0 fully saturated rings. The standard InChI is InChI=1S/C8H10N4O/c1-4(2)6-5-3-9-10-7(5)8(13)12-11-6/h3-4H,1-2H3,(H,9,10)(H,12,13). The maximum absolute atomic E-state index is 11.2. The molecule has 0 aliphatic carbocycles. The van der Waals surface area contributed by atoms with Crippen LogP contribution in [0, 0.1) is 0 Å². The molecule has 2 aromatic heterocycles. The van der Waals surface area contributed by atoms with E-state index in [9.17, 15) is 4.79 Å². The Balaban J connectivity index is 2.86. The Morgan fingerprint density at radius 2 is 2.15 bits per heavy atom. The lowest BCUT2D eigenvalue weighted by molar-refractivity contribution is 0.792. The molecule has 0 saturated carbocycles. The monoisotopic (exact) mass is 178 g/mol. The normalized spacial score (nSPS) is 11.3. The molecule has 5 nitrogen and oxygen atoms in total. The van der Waals surface area contributed by atoms with Crippen molar-refractivity contribution in [3.8, 4) is 0 Å². The highest BCUT2D eigenvalue weighted by molar-refractivity contribution is 5.79. The van der Waals surface area contributed by atoms with Gasteiger partial charge in [0.1, 0.15) is 5.52 Å². The number of nitrogens with one attached hydrogen (secondary N) is 2. The third-order valence-corrected chi connectivity index (χ3v) is 1.97. The van der Waals surface area contributed by atoms with E-state index in [2.05, 4.69) is 20.4 Å². The summed E-state index contributed by atoms with van der Waals surface area (Å²) >= 11 is 0.